The average Bonchev–Trinajstić information content (AvgIpc) is 3.46. The quantitative estimate of drug-likeness (QED) is 0.626. The highest BCUT2D eigenvalue weighted by Crippen LogP contribution is 2.57. The van der Waals surface area contributed by atoms with E-state index in [-0.39, 0.29) is 29.3 Å². The molecular formula is C23H22F2N8O. The molecule has 1 fully saturated rings. The molecule has 1 aromatic heterocycles. The molecule has 11 heteroatoms. The van der Waals surface area contributed by atoms with Crippen LogP contribution in [-0.2, 0) is 10.2 Å². The monoisotopic (exact) mass is 464 g/mol. The van der Waals surface area contributed by atoms with Gasteiger partial charge in [0.15, 0.2) is 23.3 Å². The van der Waals surface area contributed by atoms with Crippen LogP contribution in [0.25, 0.3) is 5.70 Å². The molecule has 6 rings (SSSR count). The van der Waals surface area contributed by atoms with E-state index in [0.717, 1.165) is 49.4 Å². The van der Waals surface area contributed by atoms with Crippen molar-refractivity contribution >= 4 is 34.8 Å². The fourth-order valence-corrected chi connectivity index (χ4v) is 5.08. The van der Waals surface area contributed by atoms with Gasteiger partial charge < -0.3 is 11.1 Å². The number of aromatic nitrogens is 2. The van der Waals surface area contributed by atoms with Gasteiger partial charge in [-0.2, -0.15) is 0 Å². The van der Waals surface area contributed by atoms with E-state index in [1.54, 1.807) is 11.2 Å². The summed E-state index contributed by atoms with van der Waals surface area (Å²) in [6.45, 7) is 2.51. The standard InChI is InChI=1S/C23H22F2N8O/c1-2-3-15-21-27-10-28-33(21)9-16(29-15)19-30-18(26)17-20(31-19)32-22(34)23(17,11-4-5-11)12-6-7-13(24)14(25)8-12/h6-9,11,28H,2-5,10H2,1H3,(H3,26,30,31,32,34). The smallest absolute Gasteiger partial charge is 0.241 e. The molecule has 1 aliphatic carbocycles. The number of carbonyl (C=O) groups is 1. The van der Waals surface area contributed by atoms with Crippen molar-refractivity contribution in [3.63, 3.8) is 0 Å². The number of hydrogen-bond acceptors (Lipinski definition) is 8. The van der Waals surface area contributed by atoms with Crippen LogP contribution in [0.5, 0.6) is 0 Å². The third-order valence-electron chi connectivity index (χ3n) is 6.66. The number of nitrogens with one attached hydrogen (secondary N) is 2. The van der Waals surface area contributed by atoms with Crippen molar-refractivity contribution in [1.29, 1.82) is 0 Å². The molecule has 0 saturated heterocycles. The lowest BCUT2D eigenvalue weighted by Gasteiger charge is -2.28. The fourth-order valence-electron chi connectivity index (χ4n) is 5.08. The Balaban J connectivity index is 1.49. The van der Waals surface area contributed by atoms with Crippen molar-refractivity contribution in [3.05, 3.63) is 53.0 Å². The molecule has 1 unspecified atom stereocenters. The van der Waals surface area contributed by atoms with Gasteiger partial charge in [0.25, 0.3) is 0 Å². The normalized spacial score (nSPS) is 23.2. The Labute approximate surface area is 193 Å². The van der Waals surface area contributed by atoms with Gasteiger partial charge in [0.05, 0.1) is 17.5 Å². The molecule has 3 aliphatic heterocycles. The minimum Gasteiger partial charge on any atom is -0.383 e. The summed E-state index contributed by atoms with van der Waals surface area (Å²) in [5.74, 6) is -1.06. The van der Waals surface area contributed by atoms with Gasteiger partial charge in [0.1, 0.15) is 29.4 Å². The maximum Gasteiger partial charge on any atom is 0.241 e. The van der Waals surface area contributed by atoms with Crippen molar-refractivity contribution in [1.82, 2.24) is 20.4 Å². The Bertz CT molecular complexity index is 1330. The first-order valence-electron chi connectivity index (χ1n) is 11.3. The van der Waals surface area contributed by atoms with Gasteiger partial charge >= 0.3 is 0 Å². The lowest BCUT2D eigenvalue weighted by Crippen LogP contribution is -2.39. The first-order chi connectivity index (χ1) is 16.4. The predicted molar refractivity (Wildman–Crippen MR) is 123 cm³/mol. The summed E-state index contributed by atoms with van der Waals surface area (Å²) in [5, 5.41) is 4.62. The van der Waals surface area contributed by atoms with Gasteiger partial charge in [0, 0.05) is 0 Å². The minimum atomic E-state index is -1.26. The van der Waals surface area contributed by atoms with Crippen LogP contribution in [0.2, 0.25) is 0 Å². The van der Waals surface area contributed by atoms with Crippen LogP contribution >= 0.6 is 0 Å². The Morgan fingerprint density at radius 3 is 2.79 bits per heavy atom. The Hall–Kier alpha value is -3.73. The number of nitrogens with zero attached hydrogens (tertiary/aromatic N) is 5. The Morgan fingerprint density at radius 2 is 2.06 bits per heavy atom. The zero-order valence-corrected chi connectivity index (χ0v) is 18.4. The highest BCUT2D eigenvalue weighted by atomic mass is 19.2. The van der Waals surface area contributed by atoms with Crippen LogP contribution in [0.3, 0.4) is 0 Å². The summed E-state index contributed by atoms with van der Waals surface area (Å²) in [6, 6.07) is 3.54. The number of rotatable bonds is 5. The number of halogens is 2. The van der Waals surface area contributed by atoms with Gasteiger partial charge in [-0.05, 0) is 42.9 Å². The van der Waals surface area contributed by atoms with E-state index in [0.29, 0.717) is 23.5 Å². The van der Waals surface area contributed by atoms with Gasteiger partial charge in [-0.25, -0.2) is 34.2 Å². The van der Waals surface area contributed by atoms with Gasteiger partial charge in [-0.1, -0.05) is 19.4 Å². The zero-order valence-electron chi connectivity index (χ0n) is 18.4. The molecule has 1 saturated carbocycles. The van der Waals surface area contributed by atoms with Crippen LogP contribution in [0, 0.1) is 17.6 Å². The molecule has 4 aliphatic rings. The Morgan fingerprint density at radius 1 is 1.24 bits per heavy atom. The zero-order chi connectivity index (χ0) is 23.6. The van der Waals surface area contributed by atoms with E-state index in [9.17, 15) is 13.6 Å². The molecule has 0 radical (unpaired) electrons. The number of hydrazine groups is 1. The summed E-state index contributed by atoms with van der Waals surface area (Å²) in [6.07, 6.45) is 4.87. The second kappa shape index (κ2) is 7.39. The van der Waals surface area contributed by atoms with E-state index in [1.165, 1.54) is 6.07 Å². The van der Waals surface area contributed by atoms with Crippen LogP contribution in [0.15, 0.2) is 34.4 Å². The SMILES string of the molecule is CCCC1=NC(c2nc(N)c3c(n2)NC(=O)C3(c2ccc(F)c(F)c2)C2CC2)=CN2NCN=C12. The highest BCUT2D eigenvalue weighted by Gasteiger charge is 2.59. The molecule has 2 aromatic rings. The molecule has 4 N–H and O–H groups in total. The number of carbonyl (C=O) groups excluding carboxylic acids is 1. The molecular weight excluding hydrogens is 442 g/mol. The topological polar surface area (TPSA) is 121 Å². The van der Waals surface area contributed by atoms with E-state index in [1.807, 2.05) is 0 Å². The number of nitrogen functional groups attached to an aromatic ring is 1. The van der Waals surface area contributed by atoms with E-state index in [2.05, 4.69) is 32.6 Å². The number of aliphatic imine (C=N–C) groups is 2. The lowest BCUT2D eigenvalue weighted by atomic mass is 9.71. The largest absolute Gasteiger partial charge is 0.383 e. The minimum absolute atomic E-state index is 0.106. The molecule has 1 aromatic carbocycles. The summed E-state index contributed by atoms with van der Waals surface area (Å²) in [4.78, 5) is 31.7. The number of anilines is 2. The number of amidine groups is 1. The second-order valence-electron chi connectivity index (χ2n) is 8.81. The predicted octanol–water partition coefficient (Wildman–Crippen LogP) is 2.71. The van der Waals surface area contributed by atoms with E-state index < -0.39 is 17.0 Å². The lowest BCUT2D eigenvalue weighted by molar-refractivity contribution is -0.120. The summed E-state index contributed by atoms with van der Waals surface area (Å²) >= 11 is 0. The second-order valence-corrected chi connectivity index (χ2v) is 8.81. The third kappa shape index (κ3) is 2.89. The third-order valence-corrected chi connectivity index (χ3v) is 6.66. The van der Waals surface area contributed by atoms with E-state index in [4.69, 9.17) is 10.7 Å². The number of amides is 1. The summed E-state index contributed by atoms with van der Waals surface area (Å²) in [5.41, 5.74) is 10.4. The van der Waals surface area contributed by atoms with Crippen LogP contribution < -0.4 is 16.5 Å². The average molecular weight is 464 g/mol. The van der Waals surface area contributed by atoms with Crippen molar-refractivity contribution in [2.24, 2.45) is 15.9 Å². The van der Waals surface area contributed by atoms with Crippen molar-refractivity contribution in [2.45, 2.75) is 38.0 Å². The summed E-state index contributed by atoms with van der Waals surface area (Å²) in [7, 11) is 0. The first-order valence-corrected chi connectivity index (χ1v) is 11.3. The van der Waals surface area contributed by atoms with Crippen molar-refractivity contribution in [3.8, 4) is 0 Å². The van der Waals surface area contributed by atoms with Crippen LogP contribution in [-0.4, -0.2) is 39.1 Å². The maximum absolute atomic E-state index is 14.2. The van der Waals surface area contributed by atoms with Crippen molar-refractivity contribution < 1.29 is 13.6 Å². The molecule has 174 valence electrons. The molecule has 1 atom stereocenters. The van der Waals surface area contributed by atoms with Gasteiger partial charge in [-0.3, -0.25) is 9.80 Å². The molecule has 0 bridgehead atoms. The number of hydrogen-bond donors (Lipinski definition) is 3. The Kier molecular flexibility index (Phi) is 4.53. The maximum atomic E-state index is 14.2. The van der Waals surface area contributed by atoms with E-state index >= 15 is 0 Å². The molecule has 0 spiro atoms. The molecule has 34 heavy (non-hydrogen) atoms. The molecule has 1 amide bonds. The van der Waals surface area contributed by atoms with Gasteiger partial charge in [0.2, 0.25) is 5.91 Å². The molecule has 4 heterocycles. The van der Waals surface area contributed by atoms with Crippen LogP contribution in [0.1, 0.15) is 49.6 Å². The number of nitrogens with two attached hydrogens (primary N) is 1. The number of fused-ring (bicyclic) bond motifs is 2. The number of benzene rings is 1. The fraction of sp³-hybridized carbons (Fsp3) is 0.348. The van der Waals surface area contributed by atoms with Crippen molar-refractivity contribution in [2.75, 3.05) is 17.7 Å². The molecule has 9 nitrogen and oxygen atoms in total. The van der Waals surface area contributed by atoms with Crippen LogP contribution in [0.4, 0.5) is 20.4 Å². The van der Waals surface area contributed by atoms with Gasteiger partial charge in [-0.15, -0.1) is 0 Å². The summed E-state index contributed by atoms with van der Waals surface area (Å²) < 4.78 is 27.9. The first kappa shape index (κ1) is 20.8. The highest BCUT2D eigenvalue weighted by molar-refractivity contribution is 6.43.